The maximum Gasteiger partial charge on any atom is 0.189 e. The van der Waals surface area contributed by atoms with Gasteiger partial charge in [-0.2, -0.15) is 0 Å². The third-order valence-corrected chi connectivity index (χ3v) is 5.17. The predicted octanol–water partition coefficient (Wildman–Crippen LogP) is 5.88. The fourth-order valence-electron chi connectivity index (χ4n) is 2.80. The number of rotatable bonds is 4. The van der Waals surface area contributed by atoms with Crippen LogP contribution in [0.15, 0.2) is 76.0 Å². The normalized spacial score (nSPS) is 15.5. The van der Waals surface area contributed by atoms with Gasteiger partial charge in [-0.25, -0.2) is 0 Å². The number of hydrogen-bond donors (Lipinski definition) is 0. The molecule has 22 heavy (non-hydrogen) atoms. The molecule has 0 saturated carbocycles. The average molecular weight is 308 g/mol. The fourth-order valence-corrected chi connectivity index (χ4v) is 3.94. The second-order valence-corrected chi connectivity index (χ2v) is 6.74. The van der Waals surface area contributed by atoms with Crippen molar-refractivity contribution in [2.45, 2.75) is 37.0 Å². The number of Topliss-reactive ketones (excluding diaryl/α,β-unsaturated/α-hetero) is 1. The lowest BCUT2D eigenvalue weighted by atomic mass is 9.99. The molecule has 112 valence electrons. The molecular formula is C20H20OS. The molecule has 1 aliphatic carbocycles. The van der Waals surface area contributed by atoms with Gasteiger partial charge in [-0.3, -0.25) is 4.79 Å². The molecule has 0 fully saturated rings. The van der Waals surface area contributed by atoms with Crippen LogP contribution in [0.1, 0.15) is 42.5 Å². The number of thioether (sulfide) groups is 1. The molecule has 0 N–H and O–H groups in total. The Kier molecular flexibility index (Phi) is 5.12. The van der Waals surface area contributed by atoms with Crippen LogP contribution in [0.5, 0.6) is 0 Å². The van der Waals surface area contributed by atoms with Crippen LogP contribution in [-0.4, -0.2) is 5.78 Å². The maximum atomic E-state index is 12.9. The van der Waals surface area contributed by atoms with Gasteiger partial charge < -0.3 is 0 Å². The van der Waals surface area contributed by atoms with Crippen LogP contribution in [0, 0.1) is 0 Å². The number of carbonyl (C=O) groups is 1. The molecule has 2 heteroatoms. The molecule has 0 heterocycles. The van der Waals surface area contributed by atoms with Crippen molar-refractivity contribution >= 4 is 17.5 Å². The molecular weight excluding hydrogens is 288 g/mol. The van der Waals surface area contributed by atoms with E-state index >= 15 is 0 Å². The maximum absolute atomic E-state index is 12.9. The Bertz CT molecular complexity index is 659. The summed E-state index contributed by atoms with van der Waals surface area (Å²) >= 11 is 1.77. The highest BCUT2D eigenvalue weighted by molar-refractivity contribution is 8.03. The summed E-state index contributed by atoms with van der Waals surface area (Å²) in [5.41, 5.74) is 1.84. The Morgan fingerprint density at radius 1 is 0.773 bits per heavy atom. The summed E-state index contributed by atoms with van der Waals surface area (Å²) in [6.45, 7) is 0. The minimum absolute atomic E-state index is 0.209. The van der Waals surface area contributed by atoms with E-state index in [9.17, 15) is 4.79 Å². The van der Waals surface area contributed by atoms with E-state index in [1.165, 1.54) is 22.6 Å². The van der Waals surface area contributed by atoms with Crippen molar-refractivity contribution < 1.29 is 4.79 Å². The highest BCUT2D eigenvalue weighted by atomic mass is 32.2. The molecule has 0 radical (unpaired) electrons. The van der Waals surface area contributed by atoms with Crippen LogP contribution in [0.2, 0.25) is 0 Å². The van der Waals surface area contributed by atoms with Gasteiger partial charge in [0.05, 0.1) is 0 Å². The van der Waals surface area contributed by atoms with Crippen molar-refractivity contribution in [3.63, 3.8) is 0 Å². The van der Waals surface area contributed by atoms with Gasteiger partial charge in [0.2, 0.25) is 0 Å². The first-order chi connectivity index (χ1) is 10.8. The quantitative estimate of drug-likeness (QED) is 0.656. The van der Waals surface area contributed by atoms with Crippen molar-refractivity contribution in [3.05, 3.63) is 76.7 Å². The number of benzene rings is 2. The zero-order valence-corrected chi connectivity index (χ0v) is 13.4. The highest BCUT2D eigenvalue weighted by Gasteiger charge is 2.19. The standard InChI is InChI=1S/C20H20OS/c21-20(16-10-4-1-5-11-16)18-14-8-3-9-15-19(18)22-17-12-6-2-7-13-17/h1-2,4-7,10-13H,3,8-9,14-15H2. The molecule has 0 aromatic heterocycles. The summed E-state index contributed by atoms with van der Waals surface area (Å²) in [4.78, 5) is 15.4. The number of ketones is 1. The number of allylic oxidation sites excluding steroid dienone is 2. The zero-order chi connectivity index (χ0) is 15.2. The molecule has 0 bridgehead atoms. The Labute approximate surface area is 136 Å². The lowest BCUT2D eigenvalue weighted by molar-refractivity contribution is 0.103. The molecule has 0 amide bonds. The van der Waals surface area contributed by atoms with Gasteiger partial charge in [-0.15, -0.1) is 0 Å². The zero-order valence-electron chi connectivity index (χ0n) is 12.6. The van der Waals surface area contributed by atoms with E-state index in [0.29, 0.717) is 0 Å². The minimum Gasteiger partial charge on any atom is -0.289 e. The Morgan fingerprint density at radius 3 is 2.14 bits per heavy atom. The largest absolute Gasteiger partial charge is 0.289 e. The summed E-state index contributed by atoms with van der Waals surface area (Å²) in [6.07, 6.45) is 5.44. The number of carbonyl (C=O) groups excluding carboxylic acids is 1. The van der Waals surface area contributed by atoms with Crippen LogP contribution in [0.25, 0.3) is 0 Å². The Hall–Kier alpha value is -1.80. The first kappa shape index (κ1) is 15.1. The topological polar surface area (TPSA) is 17.1 Å². The van der Waals surface area contributed by atoms with Gasteiger partial charge in [0.25, 0.3) is 0 Å². The van der Waals surface area contributed by atoms with Gasteiger partial charge in [0.15, 0.2) is 5.78 Å². The third-order valence-electron chi connectivity index (χ3n) is 3.96. The highest BCUT2D eigenvalue weighted by Crippen LogP contribution is 2.37. The second-order valence-electron chi connectivity index (χ2n) is 5.57. The van der Waals surface area contributed by atoms with Gasteiger partial charge in [0.1, 0.15) is 0 Å². The lowest BCUT2D eigenvalue weighted by Gasteiger charge is -2.12. The van der Waals surface area contributed by atoms with Crippen molar-refractivity contribution in [2.75, 3.05) is 0 Å². The van der Waals surface area contributed by atoms with Gasteiger partial charge in [0, 0.05) is 16.0 Å². The van der Waals surface area contributed by atoms with E-state index < -0.39 is 0 Å². The van der Waals surface area contributed by atoms with E-state index in [1.54, 1.807) is 11.8 Å². The second kappa shape index (κ2) is 7.46. The first-order valence-corrected chi connectivity index (χ1v) is 8.71. The van der Waals surface area contributed by atoms with Crippen LogP contribution in [-0.2, 0) is 0 Å². The van der Waals surface area contributed by atoms with E-state index in [1.807, 2.05) is 36.4 Å². The number of hydrogen-bond acceptors (Lipinski definition) is 2. The Balaban J connectivity index is 1.92. The molecule has 0 spiro atoms. The van der Waals surface area contributed by atoms with Crippen molar-refractivity contribution in [3.8, 4) is 0 Å². The van der Waals surface area contributed by atoms with Crippen LogP contribution in [0.3, 0.4) is 0 Å². The molecule has 2 aromatic carbocycles. The molecule has 1 aliphatic rings. The van der Waals surface area contributed by atoms with Crippen LogP contribution in [0.4, 0.5) is 0 Å². The van der Waals surface area contributed by atoms with E-state index in [0.717, 1.165) is 30.4 Å². The Morgan fingerprint density at radius 2 is 1.41 bits per heavy atom. The summed E-state index contributed by atoms with van der Waals surface area (Å²) in [5, 5.41) is 0. The monoisotopic (exact) mass is 308 g/mol. The van der Waals surface area contributed by atoms with Crippen molar-refractivity contribution in [1.29, 1.82) is 0 Å². The minimum atomic E-state index is 0.209. The van der Waals surface area contributed by atoms with Crippen LogP contribution >= 0.6 is 11.8 Å². The van der Waals surface area contributed by atoms with Crippen molar-refractivity contribution in [2.24, 2.45) is 0 Å². The molecule has 0 atom stereocenters. The summed E-state index contributed by atoms with van der Waals surface area (Å²) < 4.78 is 0. The lowest BCUT2D eigenvalue weighted by Crippen LogP contribution is -2.05. The van der Waals surface area contributed by atoms with E-state index in [-0.39, 0.29) is 5.78 Å². The SMILES string of the molecule is O=C(C1=C(Sc2ccccc2)CCCCC1)c1ccccc1. The molecule has 3 rings (SSSR count). The fraction of sp³-hybridized carbons (Fsp3) is 0.250. The van der Waals surface area contributed by atoms with Gasteiger partial charge >= 0.3 is 0 Å². The molecule has 0 aliphatic heterocycles. The third kappa shape index (κ3) is 3.69. The van der Waals surface area contributed by atoms with E-state index in [4.69, 9.17) is 0 Å². The molecule has 2 aromatic rings. The average Bonchev–Trinajstić information content (AvgIpc) is 2.81. The van der Waals surface area contributed by atoms with Crippen LogP contribution < -0.4 is 0 Å². The summed E-state index contributed by atoms with van der Waals surface area (Å²) in [5.74, 6) is 0.209. The van der Waals surface area contributed by atoms with Crippen molar-refractivity contribution in [1.82, 2.24) is 0 Å². The smallest absolute Gasteiger partial charge is 0.189 e. The van der Waals surface area contributed by atoms with Gasteiger partial charge in [-0.05, 0) is 42.7 Å². The molecule has 0 saturated heterocycles. The molecule has 1 nitrogen and oxygen atoms in total. The van der Waals surface area contributed by atoms with Gasteiger partial charge in [-0.1, -0.05) is 66.7 Å². The summed E-state index contributed by atoms with van der Waals surface area (Å²) in [7, 11) is 0. The molecule has 0 unspecified atom stereocenters. The van der Waals surface area contributed by atoms with E-state index in [2.05, 4.69) is 24.3 Å². The summed E-state index contributed by atoms with van der Waals surface area (Å²) in [6, 6.07) is 20.1. The predicted molar refractivity (Wildman–Crippen MR) is 93.2 cm³/mol. The first-order valence-electron chi connectivity index (χ1n) is 7.89.